The first-order valence-electron chi connectivity index (χ1n) is 7.72. The largest absolute Gasteiger partial charge is 0.388 e. The van der Waals surface area contributed by atoms with Crippen molar-refractivity contribution >= 4 is 5.91 Å². The number of carbonyl (C=O) groups is 1. The first-order chi connectivity index (χ1) is 8.73. The third kappa shape index (κ3) is 5.94. The standard InChI is InChI=1S/C16H31NO2/c1-13(15(2,3)4)11-14(18)17-12-16(19)9-7-5-6-8-10-16/h13,19H,5-12H2,1-4H3,(H,17,18). The number of aliphatic hydroxyl groups is 1. The molecular weight excluding hydrogens is 238 g/mol. The van der Waals surface area contributed by atoms with Gasteiger partial charge in [0.2, 0.25) is 5.91 Å². The fourth-order valence-corrected chi connectivity index (χ4v) is 2.48. The van der Waals surface area contributed by atoms with E-state index in [2.05, 4.69) is 33.0 Å². The lowest BCUT2D eigenvalue weighted by molar-refractivity contribution is -0.124. The maximum atomic E-state index is 11.9. The molecule has 1 fully saturated rings. The lowest BCUT2D eigenvalue weighted by Crippen LogP contribution is -2.43. The van der Waals surface area contributed by atoms with Crippen LogP contribution in [0.5, 0.6) is 0 Å². The minimum absolute atomic E-state index is 0.0695. The van der Waals surface area contributed by atoms with Crippen LogP contribution in [0.4, 0.5) is 0 Å². The van der Waals surface area contributed by atoms with Crippen LogP contribution in [-0.4, -0.2) is 23.2 Å². The van der Waals surface area contributed by atoms with Crippen molar-refractivity contribution in [2.75, 3.05) is 6.54 Å². The average Bonchev–Trinajstić information content (AvgIpc) is 2.51. The van der Waals surface area contributed by atoms with Crippen molar-refractivity contribution in [3.8, 4) is 0 Å². The number of carbonyl (C=O) groups excluding carboxylic acids is 1. The Hall–Kier alpha value is -0.570. The topological polar surface area (TPSA) is 49.3 Å². The van der Waals surface area contributed by atoms with Crippen LogP contribution in [-0.2, 0) is 4.79 Å². The number of rotatable bonds is 4. The summed E-state index contributed by atoms with van der Waals surface area (Å²) in [6.07, 6.45) is 6.74. The normalized spacial score (nSPS) is 21.5. The molecule has 1 atom stereocenters. The summed E-state index contributed by atoms with van der Waals surface area (Å²) in [5.41, 5.74) is -0.520. The fraction of sp³-hybridized carbons (Fsp3) is 0.938. The van der Waals surface area contributed by atoms with Crippen molar-refractivity contribution in [1.29, 1.82) is 0 Å². The van der Waals surface area contributed by atoms with E-state index in [0.29, 0.717) is 18.9 Å². The molecule has 0 aromatic heterocycles. The molecule has 0 spiro atoms. The van der Waals surface area contributed by atoms with E-state index in [1.807, 2.05) is 0 Å². The molecule has 1 amide bonds. The Morgan fingerprint density at radius 2 is 1.74 bits per heavy atom. The van der Waals surface area contributed by atoms with Gasteiger partial charge in [-0.25, -0.2) is 0 Å². The summed E-state index contributed by atoms with van der Waals surface area (Å²) >= 11 is 0. The second-order valence-electron chi connectivity index (χ2n) is 7.39. The van der Waals surface area contributed by atoms with Crippen LogP contribution >= 0.6 is 0 Å². The molecule has 112 valence electrons. The number of hydrogen-bond acceptors (Lipinski definition) is 2. The van der Waals surface area contributed by atoms with E-state index in [4.69, 9.17) is 0 Å². The summed E-state index contributed by atoms with van der Waals surface area (Å²) < 4.78 is 0. The van der Waals surface area contributed by atoms with Crippen LogP contribution in [0.3, 0.4) is 0 Å². The summed E-state index contributed by atoms with van der Waals surface area (Å²) in [4.78, 5) is 11.9. The van der Waals surface area contributed by atoms with Crippen molar-refractivity contribution < 1.29 is 9.90 Å². The zero-order chi connectivity index (χ0) is 14.5. The van der Waals surface area contributed by atoms with E-state index in [-0.39, 0.29) is 11.3 Å². The van der Waals surface area contributed by atoms with E-state index < -0.39 is 5.60 Å². The minimum atomic E-state index is -0.670. The molecule has 0 aromatic carbocycles. The lowest BCUT2D eigenvalue weighted by atomic mass is 9.80. The highest BCUT2D eigenvalue weighted by Crippen LogP contribution is 2.28. The Morgan fingerprint density at radius 1 is 1.21 bits per heavy atom. The molecule has 1 rings (SSSR count). The number of nitrogens with one attached hydrogen (secondary N) is 1. The van der Waals surface area contributed by atoms with Crippen molar-refractivity contribution in [2.45, 2.75) is 78.2 Å². The van der Waals surface area contributed by atoms with E-state index in [1.54, 1.807) is 0 Å². The van der Waals surface area contributed by atoms with Crippen LogP contribution in [0.1, 0.15) is 72.6 Å². The Labute approximate surface area is 118 Å². The quantitative estimate of drug-likeness (QED) is 0.770. The Morgan fingerprint density at radius 3 is 2.21 bits per heavy atom. The maximum Gasteiger partial charge on any atom is 0.220 e. The van der Waals surface area contributed by atoms with Gasteiger partial charge in [-0.05, 0) is 24.2 Å². The van der Waals surface area contributed by atoms with Gasteiger partial charge in [0.05, 0.1) is 5.60 Å². The molecule has 1 unspecified atom stereocenters. The van der Waals surface area contributed by atoms with Crippen LogP contribution in [0.15, 0.2) is 0 Å². The molecule has 0 saturated heterocycles. The van der Waals surface area contributed by atoms with Gasteiger partial charge in [0.15, 0.2) is 0 Å². The Balaban J connectivity index is 2.36. The molecule has 0 aromatic rings. The molecule has 0 bridgehead atoms. The van der Waals surface area contributed by atoms with Crippen molar-refractivity contribution in [1.82, 2.24) is 5.32 Å². The van der Waals surface area contributed by atoms with Gasteiger partial charge in [-0.2, -0.15) is 0 Å². The minimum Gasteiger partial charge on any atom is -0.388 e. The van der Waals surface area contributed by atoms with Gasteiger partial charge in [0, 0.05) is 13.0 Å². The zero-order valence-corrected chi connectivity index (χ0v) is 13.1. The second kappa shape index (κ2) is 6.74. The van der Waals surface area contributed by atoms with E-state index in [9.17, 15) is 9.90 Å². The molecule has 1 aliphatic rings. The van der Waals surface area contributed by atoms with E-state index >= 15 is 0 Å². The van der Waals surface area contributed by atoms with Gasteiger partial charge in [-0.3, -0.25) is 4.79 Å². The summed E-state index contributed by atoms with van der Waals surface area (Å²) in [7, 11) is 0. The van der Waals surface area contributed by atoms with Gasteiger partial charge >= 0.3 is 0 Å². The molecule has 3 heteroatoms. The predicted octanol–water partition coefficient (Wildman–Crippen LogP) is 3.26. The van der Waals surface area contributed by atoms with E-state index in [1.165, 1.54) is 12.8 Å². The summed E-state index contributed by atoms with van der Waals surface area (Å²) in [5.74, 6) is 0.413. The van der Waals surface area contributed by atoms with Crippen molar-refractivity contribution in [3.63, 3.8) is 0 Å². The first kappa shape index (κ1) is 16.5. The Kier molecular flexibility index (Phi) is 5.84. The fourth-order valence-electron chi connectivity index (χ4n) is 2.48. The summed E-state index contributed by atoms with van der Waals surface area (Å²) in [5, 5.41) is 13.4. The second-order valence-corrected chi connectivity index (χ2v) is 7.39. The average molecular weight is 269 g/mol. The van der Waals surface area contributed by atoms with Crippen LogP contribution in [0, 0.1) is 11.3 Å². The van der Waals surface area contributed by atoms with Gasteiger partial charge < -0.3 is 10.4 Å². The molecule has 3 nitrogen and oxygen atoms in total. The molecule has 0 heterocycles. The third-order valence-corrected chi connectivity index (χ3v) is 4.62. The molecule has 2 N–H and O–H groups in total. The van der Waals surface area contributed by atoms with Crippen LogP contribution in [0.2, 0.25) is 0 Å². The van der Waals surface area contributed by atoms with Crippen LogP contribution < -0.4 is 5.32 Å². The highest BCUT2D eigenvalue weighted by atomic mass is 16.3. The summed E-state index contributed by atoms with van der Waals surface area (Å²) in [6, 6.07) is 0. The van der Waals surface area contributed by atoms with Gasteiger partial charge in [-0.1, -0.05) is 53.4 Å². The molecule has 1 aliphatic carbocycles. The Bertz CT molecular complexity index is 286. The molecule has 1 saturated carbocycles. The third-order valence-electron chi connectivity index (χ3n) is 4.62. The number of hydrogen-bond donors (Lipinski definition) is 2. The highest BCUT2D eigenvalue weighted by molar-refractivity contribution is 5.76. The van der Waals surface area contributed by atoms with Gasteiger partial charge in [0.25, 0.3) is 0 Å². The van der Waals surface area contributed by atoms with E-state index in [0.717, 1.165) is 25.7 Å². The predicted molar refractivity (Wildman–Crippen MR) is 78.9 cm³/mol. The highest BCUT2D eigenvalue weighted by Gasteiger charge is 2.29. The monoisotopic (exact) mass is 269 g/mol. The SMILES string of the molecule is CC(CC(=O)NCC1(O)CCCCCC1)C(C)(C)C. The smallest absolute Gasteiger partial charge is 0.220 e. The van der Waals surface area contributed by atoms with Crippen molar-refractivity contribution in [3.05, 3.63) is 0 Å². The zero-order valence-electron chi connectivity index (χ0n) is 13.1. The first-order valence-corrected chi connectivity index (χ1v) is 7.72. The van der Waals surface area contributed by atoms with Gasteiger partial charge in [0.1, 0.15) is 0 Å². The molecule has 19 heavy (non-hydrogen) atoms. The van der Waals surface area contributed by atoms with Gasteiger partial charge in [-0.15, -0.1) is 0 Å². The lowest BCUT2D eigenvalue weighted by Gasteiger charge is -2.29. The maximum absolute atomic E-state index is 11.9. The van der Waals surface area contributed by atoms with Crippen LogP contribution in [0.25, 0.3) is 0 Å². The van der Waals surface area contributed by atoms with Crippen molar-refractivity contribution in [2.24, 2.45) is 11.3 Å². The summed E-state index contributed by atoms with van der Waals surface area (Å²) in [6.45, 7) is 9.00. The molecule has 0 aliphatic heterocycles. The number of amides is 1. The molecule has 0 radical (unpaired) electrons. The molecular formula is C16H31NO2.